The van der Waals surface area contributed by atoms with E-state index in [4.69, 9.17) is 16.3 Å². The molecule has 0 unspecified atom stereocenters. The zero-order valence-corrected chi connectivity index (χ0v) is 21.0. The largest absolute Gasteiger partial charge is 0.444 e. The Bertz CT molecular complexity index is 1260. The summed E-state index contributed by atoms with van der Waals surface area (Å²) in [6, 6.07) is 9.52. The minimum atomic E-state index is -0.595. The molecular weight excluding hydrogens is 490 g/mol. The van der Waals surface area contributed by atoms with Crippen LogP contribution in [0.15, 0.2) is 48.7 Å². The smallest absolute Gasteiger partial charge is 0.410 e. The van der Waals surface area contributed by atoms with Crippen molar-refractivity contribution in [2.75, 3.05) is 18.4 Å². The molecule has 2 amide bonds. The predicted molar refractivity (Wildman–Crippen MR) is 133 cm³/mol. The van der Waals surface area contributed by atoms with Gasteiger partial charge < -0.3 is 15.0 Å². The molecule has 2 heterocycles. The summed E-state index contributed by atoms with van der Waals surface area (Å²) >= 11 is 6.10. The Morgan fingerprint density at radius 2 is 1.69 bits per heavy atom. The molecule has 7 nitrogen and oxygen atoms in total. The summed E-state index contributed by atoms with van der Waals surface area (Å²) in [5.74, 6) is -1.47. The highest BCUT2D eigenvalue weighted by Crippen LogP contribution is 2.33. The van der Waals surface area contributed by atoms with Gasteiger partial charge in [0.15, 0.2) is 0 Å². The number of amides is 2. The lowest BCUT2D eigenvalue weighted by molar-refractivity contribution is 0.0203. The maximum atomic E-state index is 13.6. The van der Waals surface area contributed by atoms with Crippen LogP contribution in [0.2, 0.25) is 5.02 Å². The van der Waals surface area contributed by atoms with Crippen LogP contribution < -0.4 is 5.32 Å². The molecule has 0 bridgehead atoms. The van der Waals surface area contributed by atoms with Gasteiger partial charge in [-0.2, -0.15) is 5.10 Å². The number of piperidine rings is 1. The van der Waals surface area contributed by atoms with E-state index in [-0.39, 0.29) is 28.5 Å². The SMILES string of the molecule is CC(C)(C)OC(=O)N1CCC(c2c(C(=O)Nc3ccc(F)cc3Cl)cnn2-c2ccc(F)cc2)CC1. The molecule has 36 heavy (non-hydrogen) atoms. The van der Waals surface area contributed by atoms with Crippen molar-refractivity contribution >= 4 is 29.3 Å². The molecule has 1 aliphatic rings. The van der Waals surface area contributed by atoms with Gasteiger partial charge in [-0.15, -0.1) is 0 Å². The first-order valence-electron chi connectivity index (χ1n) is 11.6. The molecule has 0 radical (unpaired) electrons. The van der Waals surface area contributed by atoms with Gasteiger partial charge in [-0.3, -0.25) is 4.79 Å². The lowest BCUT2D eigenvalue weighted by Gasteiger charge is -2.34. The molecule has 2 aromatic carbocycles. The first-order chi connectivity index (χ1) is 17.0. The third-order valence-electron chi connectivity index (χ3n) is 5.83. The number of nitrogens with zero attached hydrogens (tertiary/aromatic N) is 3. The highest BCUT2D eigenvalue weighted by molar-refractivity contribution is 6.33. The van der Waals surface area contributed by atoms with Crippen molar-refractivity contribution in [3.05, 3.63) is 76.6 Å². The van der Waals surface area contributed by atoms with E-state index in [1.165, 1.54) is 30.5 Å². The summed E-state index contributed by atoms with van der Waals surface area (Å²) in [6.07, 6.45) is 2.22. The van der Waals surface area contributed by atoms with Crippen LogP contribution >= 0.6 is 11.6 Å². The number of aromatic nitrogens is 2. The van der Waals surface area contributed by atoms with Crippen molar-refractivity contribution in [2.24, 2.45) is 0 Å². The van der Waals surface area contributed by atoms with Crippen LogP contribution in [0.25, 0.3) is 5.69 Å². The van der Waals surface area contributed by atoms with Crippen LogP contribution in [0.5, 0.6) is 0 Å². The van der Waals surface area contributed by atoms with E-state index in [9.17, 15) is 18.4 Å². The van der Waals surface area contributed by atoms with E-state index in [0.29, 0.717) is 42.9 Å². The maximum Gasteiger partial charge on any atom is 0.410 e. The molecule has 1 aliphatic heterocycles. The number of hydrogen-bond acceptors (Lipinski definition) is 4. The Hall–Kier alpha value is -3.46. The molecule has 10 heteroatoms. The molecule has 3 aromatic rings. The number of nitrogens with one attached hydrogen (secondary N) is 1. The minimum absolute atomic E-state index is 0.0708. The van der Waals surface area contributed by atoms with Crippen LogP contribution in [-0.4, -0.2) is 45.4 Å². The average molecular weight is 517 g/mol. The Kier molecular flexibility index (Phi) is 7.31. The second kappa shape index (κ2) is 10.3. The molecule has 0 atom stereocenters. The van der Waals surface area contributed by atoms with Crippen molar-refractivity contribution in [1.82, 2.24) is 14.7 Å². The van der Waals surface area contributed by atoms with E-state index >= 15 is 0 Å². The number of benzene rings is 2. The lowest BCUT2D eigenvalue weighted by atomic mass is 9.90. The first kappa shape index (κ1) is 25.6. The highest BCUT2D eigenvalue weighted by Gasteiger charge is 2.32. The van der Waals surface area contributed by atoms with Gasteiger partial charge in [-0.25, -0.2) is 18.3 Å². The summed E-state index contributed by atoms with van der Waals surface area (Å²) in [4.78, 5) is 27.4. The molecule has 0 spiro atoms. The third-order valence-corrected chi connectivity index (χ3v) is 6.15. The van der Waals surface area contributed by atoms with Crippen LogP contribution in [0, 0.1) is 11.6 Å². The standard InChI is InChI=1S/C26H27ClF2N4O3/c1-26(2,3)36-25(35)32-12-10-16(11-13-32)23-20(15-30-33(23)19-7-4-17(28)5-8-19)24(34)31-22-9-6-18(29)14-21(22)27/h4-9,14-16H,10-13H2,1-3H3,(H,31,34). The second-order valence-corrected chi connectivity index (χ2v) is 10.1. The van der Waals surface area contributed by atoms with E-state index < -0.39 is 17.3 Å². The zero-order chi connectivity index (χ0) is 26.0. The number of likely N-dealkylation sites (tertiary alicyclic amines) is 1. The Labute approximate surface area is 213 Å². The minimum Gasteiger partial charge on any atom is -0.444 e. The van der Waals surface area contributed by atoms with Crippen LogP contribution in [0.3, 0.4) is 0 Å². The number of hydrogen-bond donors (Lipinski definition) is 1. The normalized spacial score (nSPS) is 14.6. The number of anilines is 1. The summed E-state index contributed by atoms with van der Waals surface area (Å²) in [6.45, 7) is 6.34. The first-order valence-corrected chi connectivity index (χ1v) is 12.0. The number of halogens is 3. The van der Waals surface area contributed by atoms with Crippen molar-refractivity contribution in [3.63, 3.8) is 0 Å². The quantitative estimate of drug-likeness (QED) is 0.450. The highest BCUT2D eigenvalue weighted by atomic mass is 35.5. The zero-order valence-electron chi connectivity index (χ0n) is 20.2. The molecule has 190 valence electrons. The average Bonchev–Trinajstić information content (AvgIpc) is 3.25. The van der Waals surface area contributed by atoms with E-state index in [2.05, 4.69) is 10.4 Å². The number of ether oxygens (including phenoxy) is 1. The molecule has 1 fully saturated rings. The molecule has 1 aromatic heterocycles. The fourth-order valence-electron chi connectivity index (χ4n) is 4.16. The van der Waals surface area contributed by atoms with Gasteiger partial charge in [0.1, 0.15) is 17.2 Å². The maximum absolute atomic E-state index is 13.6. The van der Waals surface area contributed by atoms with E-state index in [1.54, 1.807) is 21.7 Å². The van der Waals surface area contributed by atoms with Gasteiger partial charge in [-0.05, 0) is 76.1 Å². The van der Waals surface area contributed by atoms with Gasteiger partial charge in [0, 0.05) is 19.0 Å². The monoisotopic (exact) mass is 516 g/mol. The summed E-state index contributed by atoms with van der Waals surface area (Å²) in [5, 5.41) is 7.22. The van der Waals surface area contributed by atoms with Gasteiger partial charge in [0.25, 0.3) is 5.91 Å². The molecule has 0 aliphatic carbocycles. The second-order valence-electron chi connectivity index (χ2n) is 9.65. The summed E-state index contributed by atoms with van der Waals surface area (Å²) in [7, 11) is 0. The number of carbonyl (C=O) groups is 2. The molecule has 1 N–H and O–H groups in total. The Morgan fingerprint density at radius 1 is 1.06 bits per heavy atom. The third kappa shape index (κ3) is 5.84. The number of rotatable bonds is 4. The van der Waals surface area contributed by atoms with E-state index in [1.807, 2.05) is 20.8 Å². The lowest BCUT2D eigenvalue weighted by Crippen LogP contribution is -2.41. The van der Waals surface area contributed by atoms with Crippen molar-refractivity contribution in [1.29, 1.82) is 0 Å². The Morgan fingerprint density at radius 3 is 2.31 bits per heavy atom. The van der Waals surface area contributed by atoms with Crippen LogP contribution in [0.4, 0.5) is 19.3 Å². The van der Waals surface area contributed by atoms with Crippen LogP contribution in [-0.2, 0) is 4.74 Å². The number of carbonyl (C=O) groups excluding carboxylic acids is 2. The van der Waals surface area contributed by atoms with Crippen molar-refractivity contribution in [2.45, 2.75) is 45.1 Å². The fraction of sp³-hybridized carbons (Fsp3) is 0.346. The van der Waals surface area contributed by atoms with Gasteiger partial charge in [0.2, 0.25) is 0 Å². The van der Waals surface area contributed by atoms with Gasteiger partial charge in [0.05, 0.1) is 33.9 Å². The molecule has 1 saturated heterocycles. The molecular formula is C26H27ClF2N4O3. The molecule has 0 saturated carbocycles. The summed E-state index contributed by atoms with van der Waals surface area (Å²) < 4.78 is 34.1. The van der Waals surface area contributed by atoms with Gasteiger partial charge in [-0.1, -0.05) is 11.6 Å². The Balaban J connectivity index is 1.62. The van der Waals surface area contributed by atoms with Gasteiger partial charge >= 0.3 is 6.09 Å². The molecule has 4 rings (SSSR count). The summed E-state index contributed by atoms with van der Waals surface area (Å²) in [5.41, 5.74) is 1.22. The fourth-order valence-corrected chi connectivity index (χ4v) is 4.37. The van der Waals surface area contributed by atoms with E-state index in [0.717, 1.165) is 6.07 Å². The predicted octanol–water partition coefficient (Wildman–Crippen LogP) is 6.17. The van der Waals surface area contributed by atoms with Crippen molar-refractivity contribution in [3.8, 4) is 5.69 Å². The topological polar surface area (TPSA) is 76.5 Å². The van der Waals surface area contributed by atoms with Crippen molar-refractivity contribution < 1.29 is 23.1 Å². The van der Waals surface area contributed by atoms with Crippen LogP contribution in [0.1, 0.15) is 55.6 Å².